The van der Waals surface area contributed by atoms with Crippen molar-refractivity contribution in [1.82, 2.24) is 9.62 Å². The Morgan fingerprint density at radius 2 is 1.96 bits per heavy atom. The number of hydrogen-bond donors (Lipinski definition) is 2. The van der Waals surface area contributed by atoms with Crippen LogP contribution in [0.3, 0.4) is 0 Å². The Morgan fingerprint density at radius 3 is 2.54 bits per heavy atom. The van der Waals surface area contributed by atoms with Crippen molar-refractivity contribution < 1.29 is 28.0 Å². The third-order valence-corrected chi connectivity index (χ3v) is 5.59. The van der Waals surface area contributed by atoms with E-state index in [-0.39, 0.29) is 36.0 Å². The first kappa shape index (κ1) is 19.8. The van der Waals surface area contributed by atoms with Crippen molar-refractivity contribution in [3.63, 3.8) is 0 Å². The van der Waals surface area contributed by atoms with Gasteiger partial charge in [0.25, 0.3) is 5.69 Å². The van der Waals surface area contributed by atoms with Gasteiger partial charge in [0.15, 0.2) is 0 Å². The van der Waals surface area contributed by atoms with Crippen LogP contribution in [-0.2, 0) is 19.6 Å². The second-order valence-corrected chi connectivity index (χ2v) is 7.68. The molecule has 142 valence electrons. The molecule has 0 unspecified atom stereocenters. The molecule has 1 amide bonds. The lowest BCUT2D eigenvalue weighted by atomic mass is 9.98. The number of aliphatic carboxylic acids is 1. The van der Waals surface area contributed by atoms with Gasteiger partial charge in [-0.1, -0.05) is 0 Å². The quantitative estimate of drug-likeness (QED) is 0.515. The fraction of sp³-hybridized carbons (Fsp3) is 0.467. The van der Waals surface area contributed by atoms with E-state index < -0.39 is 26.8 Å². The van der Waals surface area contributed by atoms with Gasteiger partial charge in [0, 0.05) is 38.2 Å². The molecule has 1 atom stereocenters. The number of likely N-dealkylation sites (tertiary alicyclic amines) is 1. The zero-order valence-electron chi connectivity index (χ0n) is 13.8. The van der Waals surface area contributed by atoms with E-state index in [0.29, 0.717) is 19.4 Å². The van der Waals surface area contributed by atoms with Gasteiger partial charge < -0.3 is 10.0 Å². The number of rotatable bonds is 7. The van der Waals surface area contributed by atoms with Crippen molar-refractivity contribution in [2.45, 2.75) is 24.2 Å². The fourth-order valence-electron chi connectivity index (χ4n) is 2.69. The van der Waals surface area contributed by atoms with Crippen molar-refractivity contribution in [2.75, 3.05) is 19.6 Å². The number of non-ortho nitro benzene ring substituents is 1. The second kappa shape index (κ2) is 8.23. The molecular weight excluding hydrogens is 366 g/mol. The molecule has 1 aliphatic heterocycles. The second-order valence-electron chi connectivity index (χ2n) is 5.92. The molecule has 11 heteroatoms. The summed E-state index contributed by atoms with van der Waals surface area (Å²) in [6, 6.07) is 4.40. The van der Waals surface area contributed by atoms with Gasteiger partial charge in [-0.2, -0.15) is 0 Å². The van der Waals surface area contributed by atoms with E-state index in [0.717, 1.165) is 24.3 Å². The number of hydrogen-bond acceptors (Lipinski definition) is 6. The molecule has 2 rings (SSSR count). The monoisotopic (exact) mass is 385 g/mol. The number of piperidine rings is 1. The summed E-state index contributed by atoms with van der Waals surface area (Å²) in [5, 5.41) is 19.6. The van der Waals surface area contributed by atoms with E-state index in [9.17, 15) is 28.1 Å². The number of carbonyl (C=O) groups excluding carboxylic acids is 1. The van der Waals surface area contributed by atoms with E-state index >= 15 is 0 Å². The molecule has 1 aliphatic rings. The van der Waals surface area contributed by atoms with Gasteiger partial charge in [-0.15, -0.1) is 0 Å². The Kier molecular flexibility index (Phi) is 6.27. The van der Waals surface area contributed by atoms with Crippen LogP contribution in [0.2, 0.25) is 0 Å². The van der Waals surface area contributed by atoms with E-state index in [1.807, 2.05) is 0 Å². The third-order valence-electron chi connectivity index (χ3n) is 4.11. The van der Waals surface area contributed by atoms with Crippen LogP contribution >= 0.6 is 0 Å². The van der Waals surface area contributed by atoms with Gasteiger partial charge in [-0.05, 0) is 25.0 Å². The normalized spacial score (nSPS) is 17.7. The van der Waals surface area contributed by atoms with E-state index in [1.54, 1.807) is 0 Å². The summed E-state index contributed by atoms with van der Waals surface area (Å²) >= 11 is 0. The van der Waals surface area contributed by atoms with Crippen LogP contribution in [0.5, 0.6) is 0 Å². The van der Waals surface area contributed by atoms with Gasteiger partial charge in [0.2, 0.25) is 15.9 Å². The number of benzene rings is 1. The number of nitro groups is 1. The predicted octanol–water partition coefficient (Wildman–Crippen LogP) is 0.586. The number of carboxylic acids is 1. The summed E-state index contributed by atoms with van der Waals surface area (Å²) in [6.07, 6.45) is 1.02. The van der Waals surface area contributed by atoms with Crippen molar-refractivity contribution in [1.29, 1.82) is 0 Å². The van der Waals surface area contributed by atoms with Crippen LogP contribution in [0, 0.1) is 16.0 Å². The first-order chi connectivity index (χ1) is 12.2. The Balaban J connectivity index is 1.88. The van der Waals surface area contributed by atoms with Gasteiger partial charge in [0.1, 0.15) is 0 Å². The van der Waals surface area contributed by atoms with Crippen molar-refractivity contribution >= 4 is 27.6 Å². The average molecular weight is 385 g/mol. The number of carboxylic acid groups (broad SMARTS) is 1. The van der Waals surface area contributed by atoms with Crippen molar-refractivity contribution in [2.24, 2.45) is 5.92 Å². The zero-order valence-corrected chi connectivity index (χ0v) is 14.6. The molecule has 1 saturated heterocycles. The van der Waals surface area contributed by atoms with Crippen molar-refractivity contribution in [3.05, 3.63) is 34.4 Å². The molecule has 0 bridgehead atoms. The van der Waals surface area contributed by atoms with Gasteiger partial charge >= 0.3 is 5.97 Å². The molecule has 0 radical (unpaired) electrons. The standard InChI is InChI=1S/C15H19N3O7S/c19-14(17-9-1-2-11(10-17)15(20)21)7-8-16-26(24,25)13-5-3-12(4-6-13)18(22)23/h3-6,11,16H,1-2,7-10H2,(H,20,21)/t11-/m0/s1. The number of nitro benzene ring substituents is 1. The predicted molar refractivity (Wildman–Crippen MR) is 89.8 cm³/mol. The SMILES string of the molecule is O=C(O)[C@H]1CCCN(C(=O)CCNS(=O)(=O)c2ccc([N+](=O)[O-])cc2)C1. The Hall–Kier alpha value is -2.53. The van der Waals surface area contributed by atoms with Gasteiger partial charge in [0.05, 0.1) is 15.7 Å². The van der Waals surface area contributed by atoms with E-state index in [2.05, 4.69) is 4.72 Å². The van der Waals surface area contributed by atoms with Crippen LogP contribution in [0.15, 0.2) is 29.2 Å². The molecule has 2 N–H and O–H groups in total. The summed E-state index contributed by atoms with van der Waals surface area (Å²) in [6.45, 7) is 0.438. The highest BCUT2D eigenvalue weighted by molar-refractivity contribution is 7.89. The number of sulfonamides is 1. The smallest absolute Gasteiger partial charge is 0.308 e. The maximum Gasteiger partial charge on any atom is 0.308 e. The number of carbonyl (C=O) groups is 2. The lowest BCUT2D eigenvalue weighted by Gasteiger charge is -2.30. The first-order valence-electron chi connectivity index (χ1n) is 7.95. The molecule has 0 spiro atoms. The topological polar surface area (TPSA) is 147 Å². The molecule has 0 aromatic heterocycles. The van der Waals surface area contributed by atoms with Crippen LogP contribution in [0.25, 0.3) is 0 Å². The summed E-state index contributed by atoms with van der Waals surface area (Å²) in [7, 11) is -3.89. The lowest BCUT2D eigenvalue weighted by Crippen LogP contribution is -2.43. The molecule has 1 fully saturated rings. The molecule has 26 heavy (non-hydrogen) atoms. The minimum Gasteiger partial charge on any atom is -0.481 e. The summed E-state index contributed by atoms with van der Waals surface area (Å²) in [5.41, 5.74) is -0.225. The average Bonchev–Trinajstić information content (AvgIpc) is 2.61. The van der Waals surface area contributed by atoms with Gasteiger partial charge in [-0.25, -0.2) is 13.1 Å². The Labute approximate surface area is 150 Å². The molecule has 0 aliphatic carbocycles. The highest BCUT2D eigenvalue weighted by Crippen LogP contribution is 2.18. The molecule has 1 aromatic rings. The van der Waals surface area contributed by atoms with Crippen molar-refractivity contribution in [3.8, 4) is 0 Å². The molecule has 1 aromatic carbocycles. The zero-order chi connectivity index (χ0) is 19.3. The van der Waals surface area contributed by atoms with E-state index in [1.165, 1.54) is 4.90 Å². The Bertz CT molecular complexity index is 792. The third kappa shape index (κ3) is 4.99. The maximum atomic E-state index is 12.1. The molecule has 1 heterocycles. The van der Waals surface area contributed by atoms with Crippen LogP contribution in [0.1, 0.15) is 19.3 Å². The highest BCUT2D eigenvalue weighted by atomic mass is 32.2. The molecule has 0 saturated carbocycles. The summed E-state index contributed by atoms with van der Waals surface area (Å²) < 4.78 is 26.5. The lowest BCUT2D eigenvalue weighted by molar-refractivity contribution is -0.384. The van der Waals surface area contributed by atoms with Gasteiger partial charge in [-0.3, -0.25) is 19.7 Å². The fourth-order valence-corrected chi connectivity index (χ4v) is 3.72. The van der Waals surface area contributed by atoms with Crippen LogP contribution < -0.4 is 4.72 Å². The maximum absolute atomic E-state index is 12.1. The van der Waals surface area contributed by atoms with Crippen LogP contribution in [-0.4, -0.2) is 54.9 Å². The molecular formula is C15H19N3O7S. The van der Waals surface area contributed by atoms with Crippen LogP contribution in [0.4, 0.5) is 5.69 Å². The highest BCUT2D eigenvalue weighted by Gasteiger charge is 2.28. The summed E-state index contributed by atoms with van der Waals surface area (Å²) in [4.78, 5) is 34.4. The van der Waals surface area contributed by atoms with E-state index in [4.69, 9.17) is 5.11 Å². The largest absolute Gasteiger partial charge is 0.481 e. The number of nitrogens with zero attached hydrogens (tertiary/aromatic N) is 2. The minimum atomic E-state index is -3.89. The first-order valence-corrected chi connectivity index (χ1v) is 9.44. The number of nitrogens with one attached hydrogen (secondary N) is 1. The minimum absolute atomic E-state index is 0.0987. The summed E-state index contributed by atoms with van der Waals surface area (Å²) in [5.74, 6) is -1.85. The molecule has 10 nitrogen and oxygen atoms in total. The Morgan fingerprint density at radius 1 is 1.31 bits per heavy atom. The number of amides is 1.